The number of fused-ring (bicyclic) bond motifs is 1. The van der Waals surface area contributed by atoms with Crippen LogP contribution in [0.4, 0.5) is 23.1 Å². The van der Waals surface area contributed by atoms with Gasteiger partial charge < -0.3 is 10.2 Å². The molecule has 0 saturated heterocycles. The molecule has 3 aromatic rings. The molecule has 0 spiro atoms. The van der Waals surface area contributed by atoms with Gasteiger partial charge in [0.15, 0.2) is 0 Å². The Kier molecular flexibility index (Phi) is 4.11. The third-order valence-electron chi connectivity index (χ3n) is 4.92. The number of anilines is 4. The molecule has 0 unspecified atom stereocenters. The molecule has 2 heterocycles. The molecule has 132 valence electrons. The summed E-state index contributed by atoms with van der Waals surface area (Å²) >= 11 is 0. The predicted octanol–water partition coefficient (Wildman–Crippen LogP) is 5.15. The highest BCUT2D eigenvalue weighted by Crippen LogP contribution is 2.34. The van der Waals surface area contributed by atoms with E-state index in [1.165, 1.54) is 27.9 Å². The first-order valence-corrected chi connectivity index (χ1v) is 9.07. The molecule has 0 fully saturated rings. The lowest BCUT2D eigenvalue weighted by Gasteiger charge is -2.20. The Bertz CT molecular complexity index is 955. The van der Waals surface area contributed by atoms with Crippen molar-refractivity contribution in [2.75, 3.05) is 16.8 Å². The molecule has 0 aliphatic carbocycles. The second kappa shape index (κ2) is 6.45. The van der Waals surface area contributed by atoms with Crippen LogP contribution in [0, 0.1) is 27.7 Å². The molecule has 0 saturated carbocycles. The fraction of sp³-hybridized carbons (Fsp3) is 0.273. The van der Waals surface area contributed by atoms with E-state index in [4.69, 9.17) is 4.98 Å². The number of nitrogens with one attached hydrogen (secondary N) is 1. The van der Waals surface area contributed by atoms with E-state index in [1.54, 1.807) is 0 Å². The highest BCUT2D eigenvalue weighted by Gasteiger charge is 2.21. The van der Waals surface area contributed by atoms with Crippen molar-refractivity contribution in [3.8, 4) is 0 Å². The van der Waals surface area contributed by atoms with Crippen LogP contribution in [0.1, 0.15) is 27.9 Å². The van der Waals surface area contributed by atoms with Crippen molar-refractivity contribution in [3.63, 3.8) is 0 Å². The molecular weight excluding hydrogens is 320 g/mol. The zero-order valence-corrected chi connectivity index (χ0v) is 15.8. The summed E-state index contributed by atoms with van der Waals surface area (Å²) < 4.78 is 0. The van der Waals surface area contributed by atoms with Crippen LogP contribution in [0.15, 0.2) is 42.5 Å². The number of hydrogen-bond acceptors (Lipinski definition) is 4. The molecule has 1 aromatic heterocycles. The molecule has 4 nitrogen and oxygen atoms in total. The maximum absolute atomic E-state index is 4.82. The molecule has 4 rings (SSSR count). The Morgan fingerprint density at radius 1 is 0.923 bits per heavy atom. The van der Waals surface area contributed by atoms with Crippen molar-refractivity contribution in [2.24, 2.45) is 0 Å². The molecule has 0 radical (unpaired) electrons. The van der Waals surface area contributed by atoms with Gasteiger partial charge in [0.05, 0.1) is 0 Å². The Hall–Kier alpha value is -2.88. The van der Waals surface area contributed by atoms with Gasteiger partial charge in [-0.3, -0.25) is 0 Å². The van der Waals surface area contributed by atoms with Gasteiger partial charge in [-0.05, 0) is 56.9 Å². The number of para-hydroxylation sites is 1. The minimum Gasteiger partial charge on any atom is -0.326 e. The average molecular weight is 344 g/mol. The predicted molar refractivity (Wildman–Crippen MR) is 108 cm³/mol. The van der Waals surface area contributed by atoms with E-state index in [-0.39, 0.29) is 0 Å². The molecule has 0 bridgehead atoms. The molecular formula is C22H24N4. The number of rotatable bonds is 3. The van der Waals surface area contributed by atoms with E-state index >= 15 is 0 Å². The van der Waals surface area contributed by atoms with Gasteiger partial charge in [-0.15, -0.1) is 0 Å². The van der Waals surface area contributed by atoms with Crippen molar-refractivity contribution in [3.05, 3.63) is 70.4 Å². The van der Waals surface area contributed by atoms with Gasteiger partial charge in [0.25, 0.3) is 0 Å². The van der Waals surface area contributed by atoms with E-state index in [9.17, 15) is 0 Å². The zero-order valence-electron chi connectivity index (χ0n) is 15.8. The fourth-order valence-electron chi connectivity index (χ4n) is 3.81. The van der Waals surface area contributed by atoms with Crippen LogP contribution in [-0.4, -0.2) is 16.5 Å². The zero-order chi connectivity index (χ0) is 18.3. The third-order valence-corrected chi connectivity index (χ3v) is 4.92. The summed E-state index contributed by atoms with van der Waals surface area (Å²) in [5, 5.41) is 3.45. The van der Waals surface area contributed by atoms with E-state index in [1.807, 2.05) is 6.92 Å². The van der Waals surface area contributed by atoms with Gasteiger partial charge >= 0.3 is 0 Å². The first kappa shape index (κ1) is 16.6. The molecule has 1 aliphatic rings. The quantitative estimate of drug-likeness (QED) is 0.713. The highest BCUT2D eigenvalue weighted by atomic mass is 15.2. The highest BCUT2D eigenvalue weighted by molar-refractivity contribution is 5.69. The number of benzene rings is 2. The summed E-state index contributed by atoms with van der Waals surface area (Å²) in [6.07, 6.45) is 1.05. The summed E-state index contributed by atoms with van der Waals surface area (Å²) in [5.74, 6) is 1.60. The van der Waals surface area contributed by atoms with E-state index in [2.05, 4.69) is 78.4 Å². The van der Waals surface area contributed by atoms with Gasteiger partial charge in [0.2, 0.25) is 5.95 Å². The van der Waals surface area contributed by atoms with Gasteiger partial charge in [-0.2, -0.15) is 4.98 Å². The monoisotopic (exact) mass is 344 g/mol. The van der Waals surface area contributed by atoms with Crippen LogP contribution >= 0.6 is 0 Å². The molecule has 0 amide bonds. The Labute approximate surface area is 154 Å². The summed E-state index contributed by atoms with van der Waals surface area (Å²) in [7, 11) is 0. The van der Waals surface area contributed by atoms with Gasteiger partial charge in [-0.25, -0.2) is 4.98 Å². The van der Waals surface area contributed by atoms with E-state index in [0.717, 1.165) is 30.2 Å². The maximum atomic E-state index is 4.82. The fourth-order valence-corrected chi connectivity index (χ4v) is 3.81. The lowest BCUT2D eigenvalue weighted by molar-refractivity contribution is 0.959. The standard InChI is InChI=1S/C22H24N4/c1-14-11-15(2)21(16(3)12-14)25-22-23-17(4)13-20(24-22)26-10-9-18-7-5-6-8-19(18)26/h5-8,11-13H,9-10H2,1-4H3,(H,23,24,25). The third kappa shape index (κ3) is 3.03. The summed E-state index contributed by atoms with van der Waals surface area (Å²) in [4.78, 5) is 11.7. The van der Waals surface area contributed by atoms with Crippen molar-refractivity contribution >= 4 is 23.1 Å². The van der Waals surface area contributed by atoms with Gasteiger partial charge in [-0.1, -0.05) is 35.9 Å². The molecule has 1 N–H and O–H groups in total. The maximum Gasteiger partial charge on any atom is 0.229 e. The Morgan fingerprint density at radius 3 is 2.42 bits per heavy atom. The minimum absolute atomic E-state index is 0.652. The van der Waals surface area contributed by atoms with Crippen molar-refractivity contribution in [1.82, 2.24) is 9.97 Å². The Morgan fingerprint density at radius 2 is 1.65 bits per heavy atom. The minimum atomic E-state index is 0.652. The largest absolute Gasteiger partial charge is 0.326 e. The smallest absolute Gasteiger partial charge is 0.229 e. The van der Waals surface area contributed by atoms with Crippen LogP contribution in [0.25, 0.3) is 0 Å². The van der Waals surface area contributed by atoms with Crippen molar-refractivity contribution in [2.45, 2.75) is 34.1 Å². The normalized spacial score (nSPS) is 13.0. The Balaban J connectivity index is 1.70. The summed E-state index contributed by atoms with van der Waals surface area (Å²) in [6, 6.07) is 15.0. The molecule has 0 atom stereocenters. The van der Waals surface area contributed by atoms with Crippen LogP contribution < -0.4 is 10.2 Å². The van der Waals surface area contributed by atoms with Crippen LogP contribution in [-0.2, 0) is 6.42 Å². The molecule has 1 aliphatic heterocycles. The SMILES string of the molecule is Cc1cc(C)c(Nc2nc(C)cc(N3CCc4ccccc43)n2)c(C)c1. The van der Waals surface area contributed by atoms with Gasteiger partial charge in [0.1, 0.15) is 5.82 Å². The second-order valence-corrected chi connectivity index (χ2v) is 7.12. The number of nitrogens with zero attached hydrogens (tertiary/aromatic N) is 3. The first-order valence-electron chi connectivity index (χ1n) is 9.07. The lowest BCUT2D eigenvalue weighted by atomic mass is 10.1. The first-order chi connectivity index (χ1) is 12.5. The van der Waals surface area contributed by atoms with Crippen LogP contribution in [0.2, 0.25) is 0 Å². The summed E-state index contributed by atoms with van der Waals surface area (Å²) in [5.41, 5.74) is 8.37. The van der Waals surface area contributed by atoms with Crippen LogP contribution in [0.5, 0.6) is 0 Å². The topological polar surface area (TPSA) is 41.1 Å². The molecule has 2 aromatic carbocycles. The van der Waals surface area contributed by atoms with Gasteiger partial charge in [0, 0.05) is 29.7 Å². The number of aromatic nitrogens is 2. The number of hydrogen-bond donors (Lipinski definition) is 1. The van der Waals surface area contributed by atoms with E-state index in [0.29, 0.717) is 5.95 Å². The number of aryl methyl sites for hydroxylation is 4. The summed E-state index contributed by atoms with van der Waals surface area (Å²) in [6.45, 7) is 9.34. The van der Waals surface area contributed by atoms with Crippen molar-refractivity contribution in [1.29, 1.82) is 0 Å². The second-order valence-electron chi connectivity index (χ2n) is 7.12. The van der Waals surface area contributed by atoms with E-state index < -0.39 is 0 Å². The lowest BCUT2D eigenvalue weighted by Crippen LogP contribution is -2.16. The van der Waals surface area contributed by atoms with Crippen LogP contribution in [0.3, 0.4) is 0 Å². The van der Waals surface area contributed by atoms with Crippen molar-refractivity contribution < 1.29 is 0 Å². The molecule has 4 heteroatoms. The molecule has 26 heavy (non-hydrogen) atoms. The average Bonchev–Trinajstić information content (AvgIpc) is 3.02.